The first-order valence-corrected chi connectivity index (χ1v) is 13.8. The van der Waals surface area contributed by atoms with Gasteiger partial charge in [-0.25, -0.2) is 0 Å². The third-order valence-corrected chi connectivity index (χ3v) is 9.45. The molecule has 3 nitrogen and oxygen atoms in total. The summed E-state index contributed by atoms with van der Waals surface area (Å²) in [4.78, 5) is 28.6. The van der Waals surface area contributed by atoms with E-state index in [1.807, 2.05) is 90.1 Å². The summed E-state index contributed by atoms with van der Waals surface area (Å²) in [5.41, 5.74) is 6.38. The molecule has 0 aliphatic carbocycles. The van der Waals surface area contributed by atoms with Gasteiger partial charge < -0.3 is 4.57 Å². The molecule has 0 aromatic heterocycles. The van der Waals surface area contributed by atoms with Gasteiger partial charge in [0.2, 0.25) is 18.2 Å². The Hall–Kier alpha value is -3.55. The number of rotatable bonds is 6. The van der Waals surface area contributed by atoms with Crippen LogP contribution in [0.25, 0.3) is 11.1 Å². The Bertz CT molecular complexity index is 1510. The van der Waals surface area contributed by atoms with Crippen molar-refractivity contribution in [3.05, 3.63) is 123 Å². The van der Waals surface area contributed by atoms with Gasteiger partial charge in [-0.1, -0.05) is 84.4 Å². The molecule has 0 aliphatic rings. The van der Waals surface area contributed by atoms with Crippen LogP contribution in [0.4, 0.5) is 0 Å². The average Bonchev–Trinajstić information content (AvgIpc) is 2.83. The van der Waals surface area contributed by atoms with E-state index in [4.69, 9.17) is 0 Å². The first-order chi connectivity index (χ1) is 17.1. The SMILES string of the molecule is Cc1cc(C)c(C(=O)P(=O)(C(=O)c2c(C)cc(C)c(-c3ccccc3)c2C)c2ccccc2)c(C)c1. The minimum Gasteiger partial charge on any atom is -0.302 e. The highest BCUT2D eigenvalue weighted by Gasteiger charge is 2.45. The van der Waals surface area contributed by atoms with Crippen LogP contribution in [0.5, 0.6) is 0 Å². The van der Waals surface area contributed by atoms with Gasteiger partial charge in [0.1, 0.15) is 0 Å². The minimum atomic E-state index is -4.22. The Morgan fingerprint density at radius 1 is 0.583 bits per heavy atom. The molecule has 0 saturated heterocycles. The van der Waals surface area contributed by atoms with Gasteiger partial charge in [-0.2, -0.15) is 0 Å². The van der Waals surface area contributed by atoms with E-state index in [1.54, 1.807) is 30.3 Å². The molecular formula is C32H31O3P. The lowest BCUT2D eigenvalue weighted by Gasteiger charge is -2.23. The van der Waals surface area contributed by atoms with Crippen molar-refractivity contribution in [1.82, 2.24) is 0 Å². The van der Waals surface area contributed by atoms with E-state index in [2.05, 4.69) is 0 Å². The minimum absolute atomic E-state index is 0.264. The molecule has 1 unspecified atom stereocenters. The van der Waals surface area contributed by atoms with Crippen molar-refractivity contribution < 1.29 is 14.2 Å². The van der Waals surface area contributed by atoms with E-state index in [0.29, 0.717) is 11.1 Å². The van der Waals surface area contributed by atoms with E-state index >= 15 is 0 Å². The van der Waals surface area contributed by atoms with E-state index in [-0.39, 0.29) is 5.30 Å². The lowest BCUT2D eigenvalue weighted by Crippen LogP contribution is -2.23. The molecule has 4 aromatic rings. The largest absolute Gasteiger partial charge is 0.302 e. The van der Waals surface area contributed by atoms with Crippen LogP contribution in [0.15, 0.2) is 78.9 Å². The number of hydrogen-bond donors (Lipinski definition) is 0. The Kier molecular flexibility index (Phi) is 6.98. The monoisotopic (exact) mass is 494 g/mol. The topological polar surface area (TPSA) is 51.2 Å². The van der Waals surface area contributed by atoms with Crippen molar-refractivity contribution in [2.24, 2.45) is 0 Å². The second-order valence-corrected chi connectivity index (χ2v) is 12.1. The van der Waals surface area contributed by atoms with Crippen molar-refractivity contribution in [1.29, 1.82) is 0 Å². The zero-order chi connectivity index (χ0) is 26.2. The fourth-order valence-electron chi connectivity index (χ4n) is 5.36. The number of benzene rings is 4. The first kappa shape index (κ1) is 25.5. The molecule has 0 spiro atoms. The Morgan fingerprint density at radius 3 is 1.61 bits per heavy atom. The summed E-state index contributed by atoms with van der Waals surface area (Å²) in [5, 5.41) is 0.264. The van der Waals surface area contributed by atoms with Gasteiger partial charge in [0, 0.05) is 16.4 Å². The van der Waals surface area contributed by atoms with Crippen molar-refractivity contribution in [2.75, 3.05) is 0 Å². The van der Waals surface area contributed by atoms with Crippen molar-refractivity contribution in [3.8, 4) is 11.1 Å². The van der Waals surface area contributed by atoms with Gasteiger partial charge in [0.15, 0.2) is 0 Å². The summed E-state index contributed by atoms with van der Waals surface area (Å²) in [5.74, 6) is 0. The van der Waals surface area contributed by atoms with Gasteiger partial charge in [-0.3, -0.25) is 9.59 Å². The van der Waals surface area contributed by atoms with E-state index in [9.17, 15) is 14.2 Å². The number of aryl methyl sites for hydroxylation is 5. The zero-order valence-electron chi connectivity index (χ0n) is 21.7. The summed E-state index contributed by atoms with van der Waals surface area (Å²) < 4.78 is 14.9. The summed E-state index contributed by atoms with van der Waals surface area (Å²) >= 11 is 0. The Balaban J connectivity index is 2.00. The molecule has 4 aromatic carbocycles. The second kappa shape index (κ2) is 9.84. The Labute approximate surface area is 213 Å². The van der Waals surface area contributed by atoms with Gasteiger partial charge in [-0.15, -0.1) is 0 Å². The number of carbonyl (C=O) groups is 2. The summed E-state index contributed by atoms with van der Waals surface area (Å²) in [6.07, 6.45) is 0. The van der Waals surface area contributed by atoms with Crippen LogP contribution >= 0.6 is 7.14 Å². The number of carbonyl (C=O) groups excluding carboxylic acids is 2. The third kappa shape index (κ3) is 4.29. The molecule has 0 aliphatic heterocycles. The van der Waals surface area contributed by atoms with E-state index < -0.39 is 18.2 Å². The van der Waals surface area contributed by atoms with Crippen LogP contribution in [0.3, 0.4) is 0 Å². The lowest BCUT2D eigenvalue weighted by atomic mass is 9.90. The van der Waals surface area contributed by atoms with Gasteiger partial charge >= 0.3 is 0 Å². The van der Waals surface area contributed by atoms with Crippen LogP contribution in [0.2, 0.25) is 0 Å². The quantitative estimate of drug-likeness (QED) is 0.256. The fraction of sp³-hybridized carbons (Fsp3) is 0.188. The molecule has 0 radical (unpaired) electrons. The van der Waals surface area contributed by atoms with E-state index in [1.165, 1.54) is 0 Å². The van der Waals surface area contributed by atoms with Gasteiger partial charge in [0.05, 0.1) is 0 Å². The molecule has 0 N–H and O–H groups in total. The van der Waals surface area contributed by atoms with Crippen LogP contribution in [0, 0.1) is 41.5 Å². The smallest absolute Gasteiger partial charge is 0.248 e. The molecule has 4 heteroatoms. The maximum Gasteiger partial charge on any atom is 0.248 e. The summed E-state index contributed by atoms with van der Waals surface area (Å²) in [6.45, 7) is 11.4. The highest BCUT2D eigenvalue weighted by molar-refractivity contribution is 8.01. The molecule has 0 heterocycles. The lowest BCUT2D eigenvalue weighted by molar-refractivity contribution is 0.104. The van der Waals surface area contributed by atoms with Crippen LogP contribution in [-0.2, 0) is 4.57 Å². The number of hydrogen-bond acceptors (Lipinski definition) is 3. The molecule has 36 heavy (non-hydrogen) atoms. The molecular weight excluding hydrogens is 463 g/mol. The van der Waals surface area contributed by atoms with E-state index in [0.717, 1.165) is 44.5 Å². The maximum absolute atomic E-state index is 14.9. The average molecular weight is 495 g/mol. The molecule has 0 amide bonds. The second-order valence-electron chi connectivity index (χ2n) is 9.58. The van der Waals surface area contributed by atoms with Crippen molar-refractivity contribution >= 4 is 23.5 Å². The van der Waals surface area contributed by atoms with Gasteiger partial charge in [-0.05, 0) is 80.5 Å². The zero-order valence-corrected chi connectivity index (χ0v) is 22.6. The predicted molar refractivity (Wildman–Crippen MR) is 149 cm³/mol. The predicted octanol–water partition coefficient (Wildman–Crippen LogP) is 7.87. The molecule has 0 fully saturated rings. The molecule has 182 valence electrons. The molecule has 0 bridgehead atoms. The van der Waals surface area contributed by atoms with Crippen molar-refractivity contribution in [3.63, 3.8) is 0 Å². The first-order valence-electron chi connectivity index (χ1n) is 12.1. The normalized spacial score (nSPS) is 12.7. The highest BCUT2D eigenvalue weighted by atomic mass is 31.2. The molecule has 0 saturated carbocycles. The maximum atomic E-state index is 14.9. The fourth-order valence-corrected chi connectivity index (χ4v) is 7.93. The molecule has 4 rings (SSSR count). The van der Waals surface area contributed by atoms with Crippen LogP contribution < -0.4 is 5.30 Å². The van der Waals surface area contributed by atoms with Gasteiger partial charge in [0.25, 0.3) is 0 Å². The molecule has 1 atom stereocenters. The summed E-state index contributed by atoms with van der Waals surface area (Å²) in [7, 11) is -4.22. The van der Waals surface area contributed by atoms with Crippen LogP contribution in [0.1, 0.15) is 54.1 Å². The van der Waals surface area contributed by atoms with Crippen LogP contribution in [-0.4, -0.2) is 11.0 Å². The standard InChI is InChI=1S/C32H31O3P/c1-20-17-21(2)28(22(3)18-20)31(33)36(35,27-15-11-8-12-16-27)32(34)30-24(5)19-23(4)29(25(30)6)26-13-9-7-10-14-26/h7-19H,1-6H3. The Morgan fingerprint density at radius 2 is 1.06 bits per heavy atom. The highest BCUT2D eigenvalue weighted by Crippen LogP contribution is 2.53. The summed E-state index contributed by atoms with van der Waals surface area (Å²) in [6, 6.07) is 24.1. The third-order valence-electron chi connectivity index (χ3n) is 6.83. The van der Waals surface area contributed by atoms with Crippen molar-refractivity contribution in [2.45, 2.75) is 41.5 Å².